The molecule has 0 aromatic heterocycles. The van der Waals surface area contributed by atoms with Crippen LogP contribution in [0, 0.1) is 0 Å². The van der Waals surface area contributed by atoms with Crippen LogP contribution in [0.25, 0.3) is 0 Å². The molecule has 0 bridgehead atoms. The molecule has 86 valence electrons. The van der Waals surface area contributed by atoms with E-state index in [1.807, 2.05) is 12.1 Å². The van der Waals surface area contributed by atoms with Crippen molar-refractivity contribution in [2.45, 2.75) is 6.42 Å². The molecule has 0 saturated heterocycles. The van der Waals surface area contributed by atoms with E-state index in [0.29, 0.717) is 18.8 Å². The molecule has 0 atom stereocenters. The number of carboxylic acids is 1. The Morgan fingerprint density at radius 1 is 1.44 bits per heavy atom. The Hall–Kier alpha value is -0.810. The van der Waals surface area contributed by atoms with Crippen LogP contribution < -0.4 is 4.74 Å². The molecule has 0 heterocycles. The molecule has 0 amide bonds. The zero-order valence-electron chi connectivity index (χ0n) is 8.37. The Kier molecular flexibility index (Phi) is 5.02. The average Bonchev–Trinajstić information content (AvgIpc) is 2.20. The maximum absolute atomic E-state index is 10.5. The van der Waals surface area contributed by atoms with Crippen LogP contribution >= 0.6 is 31.9 Å². The Balaban J connectivity index is 2.49. The lowest BCUT2D eigenvalue weighted by Crippen LogP contribution is -2.05. The Morgan fingerprint density at radius 3 is 2.69 bits per heavy atom. The summed E-state index contributed by atoms with van der Waals surface area (Å²) < 4.78 is 7.19. The molecule has 0 aliphatic heterocycles. The molecular weight excluding hydrogens is 340 g/mol. The van der Waals surface area contributed by atoms with Crippen LogP contribution in [-0.2, 0) is 4.79 Å². The Bertz CT molecular complexity index is 416. The molecule has 16 heavy (non-hydrogen) atoms. The molecule has 0 saturated carbocycles. The third-order valence-corrected chi connectivity index (χ3v) is 2.97. The first-order valence-electron chi connectivity index (χ1n) is 4.49. The SMILES string of the molecule is C=C(CCOc1ccc(Br)cc1Br)C(=O)O. The van der Waals surface area contributed by atoms with Gasteiger partial charge in [0.25, 0.3) is 0 Å². The van der Waals surface area contributed by atoms with Gasteiger partial charge in [0.15, 0.2) is 0 Å². The third kappa shape index (κ3) is 3.98. The molecule has 0 radical (unpaired) electrons. The average molecular weight is 350 g/mol. The molecule has 1 aromatic rings. The molecule has 1 aromatic carbocycles. The van der Waals surface area contributed by atoms with Gasteiger partial charge >= 0.3 is 5.97 Å². The second-order valence-electron chi connectivity index (χ2n) is 3.08. The van der Waals surface area contributed by atoms with E-state index in [0.717, 1.165) is 8.95 Å². The van der Waals surface area contributed by atoms with Crippen molar-refractivity contribution in [3.8, 4) is 5.75 Å². The van der Waals surface area contributed by atoms with Crippen molar-refractivity contribution in [3.63, 3.8) is 0 Å². The van der Waals surface area contributed by atoms with E-state index in [2.05, 4.69) is 38.4 Å². The highest BCUT2D eigenvalue weighted by Crippen LogP contribution is 2.28. The van der Waals surface area contributed by atoms with Crippen molar-refractivity contribution in [1.29, 1.82) is 0 Å². The molecular formula is C11H10Br2O3. The number of hydrogen-bond donors (Lipinski definition) is 1. The highest BCUT2D eigenvalue weighted by molar-refractivity contribution is 9.11. The minimum Gasteiger partial charge on any atom is -0.492 e. The monoisotopic (exact) mass is 348 g/mol. The number of halogens is 2. The third-order valence-electron chi connectivity index (χ3n) is 1.86. The van der Waals surface area contributed by atoms with Crippen LogP contribution in [-0.4, -0.2) is 17.7 Å². The second kappa shape index (κ2) is 6.06. The zero-order valence-corrected chi connectivity index (χ0v) is 11.5. The van der Waals surface area contributed by atoms with Crippen molar-refractivity contribution in [2.75, 3.05) is 6.61 Å². The van der Waals surface area contributed by atoms with Gasteiger partial charge in [-0.1, -0.05) is 22.5 Å². The molecule has 3 nitrogen and oxygen atoms in total. The second-order valence-corrected chi connectivity index (χ2v) is 4.85. The van der Waals surface area contributed by atoms with Crippen molar-refractivity contribution in [3.05, 3.63) is 39.3 Å². The summed E-state index contributed by atoms with van der Waals surface area (Å²) in [6, 6.07) is 5.52. The number of hydrogen-bond acceptors (Lipinski definition) is 2. The van der Waals surface area contributed by atoms with Crippen LogP contribution in [0.5, 0.6) is 5.75 Å². The van der Waals surface area contributed by atoms with Gasteiger partial charge < -0.3 is 9.84 Å². The molecule has 0 fully saturated rings. The van der Waals surface area contributed by atoms with Gasteiger partial charge in [-0.15, -0.1) is 0 Å². The van der Waals surface area contributed by atoms with Crippen molar-refractivity contribution >= 4 is 37.8 Å². The normalized spacial score (nSPS) is 9.88. The van der Waals surface area contributed by atoms with Crippen LogP contribution in [0.4, 0.5) is 0 Å². The van der Waals surface area contributed by atoms with E-state index in [1.54, 1.807) is 6.07 Å². The van der Waals surface area contributed by atoms with Gasteiger partial charge in [-0.05, 0) is 34.1 Å². The molecule has 0 unspecified atom stereocenters. The van der Waals surface area contributed by atoms with Crippen LogP contribution in [0.15, 0.2) is 39.3 Å². The molecule has 1 rings (SSSR count). The van der Waals surface area contributed by atoms with E-state index in [4.69, 9.17) is 9.84 Å². The van der Waals surface area contributed by atoms with Crippen molar-refractivity contribution in [2.24, 2.45) is 0 Å². The number of ether oxygens (including phenoxy) is 1. The van der Waals surface area contributed by atoms with Gasteiger partial charge in [0.2, 0.25) is 0 Å². The lowest BCUT2D eigenvalue weighted by atomic mass is 10.2. The molecule has 0 aliphatic rings. The van der Waals surface area contributed by atoms with Crippen molar-refractivity contribution < 1.29 is 14.6 Å². The van der Waals surface area contributed by atoms with Gasteiger partial charge in [0.1, 0.15) is 5.75 Å². The van der Waals surface area contributed by atoms with E-state index < -0.39 is 5.97 Å². The lowest BCUT2D eigenvalue weighted by molar-refractivity contribution is -0.132. The predicted octanol–water partition coefficient (Wildman–Crippen LogP) is 3.62. The standard InChI is InChI=1S/C11H10Br2O3/c1-7(11(14)15)4-5-16-10-3-2-8(12)6-9(10)13/h2-3,6H,1,4-5H2,(H,14,15). The van der Waals surface area contributed by atoms with Gasteiger partial charge in [0.05, 0.1) is 11.1 Å². The quantitative estimate of drug-likeness (QED) is 0.826. The summed E-state index contributed by atoms with van der Waals surface area (Å²) in [5.74, 6) is -0.306. The zero-order chi connectivity index (χ0) is 12.1. The first-order chi connectivity index (χ1) is 7.50. The molecule has 0 spiro atoms. The Morgan fingerprint density at radius 2 is 2.12 bits per heavy atom. The maximum atomic E-state index is 10.5. The molecule has 1 N–H and O–H groups in total. The Labute approximate surface area is 110 Å². The fraction of sp³-hybridized carbons (Fsp3) is 0.182. The summed E-state index contributed by atoms with van der Waals surface area (Å²) in [5, 5.41) is 8.60. The fourth-order valence-electron chi connectivity index (χ4n) is 0.983. The highest BCUT2D eigenvalue weighted by Gasteiger charge is 2.05. The maximum Gasteiger partial charge on any atom is 0.331 e. The van der Waals surface area contributed by atoms with Crippen LogP contribution in [0.1, 0.15) is 6.42 Å². The van der Waals surface area contributed by atoms with E-state index in [9.17, 15) is 4.79 Å². The van der Waals surface area contributed by atoms with Gasteiger partial charge in [0, 0.05) is 16.5 Å². The van der Waals surface area contributed by atoms with Crippen molar-refractivity contribution in [1.82, 2.24) is 0 Å². The smallest absolute Gasteiger partial charge is 0.331 e. The minimum atomic E-state index is -0.988. The summed E-state index contributed by atoms with van der Waals surface area (Å²) in [6.45, 7) is 3.72. The fourth-order valence-corrected chi connectivity index (χ4v) is 2.14. The topological polar surface area (TPSA) is 46.5 Å². The summed E-state index contributed by atoms with van der Waals surface area (Å²) >= 11 is 6.68. The lowest BCUT2D eigenvalue weighted by Gasteiger charge is -2.08. The molecule has 5 heteroatoms. The minimum absolute atomic E-state index is 0.147. The first-order valence-corrected chi connectivity index (χ1v) is 6.08. The number of carboxylic acid groups (broad SMARTS) is 1. The van der Waals surface area contributed by atoms with E-state index in [-0.39, 0.29) is 5.57 Å². The number of carbonyl (C=O) groups is 1. The van der Waals surface area contributed by atoms with Gasteiger partial charge in [-0.2, -0.15) is 0 Å². The number of aliphatic carboxylic acids is 1. The van der Waals surface area contributed by atoms with E-state index >= 15 is 0 Å². The van der Waals surface area contributed by atoms with Crippen LogP contribution in [0.2, 0.25) is 0 Å². The van der Waals surface area contributed by atoms with E-state index in [1.165, 1.54) is 0 Å². The first kappa shape index (κ1) is 13.3. The summed E-state index contributed by atoms with van der Waals surface area (Å²) in [5.41, 5.74) is 0.147. The number of rotatable bonds is 5. The number of benzene rings is 1. The summed E-state index contributed by atoms with van der Waals surface area (Å²) in [7, 11) is 0. The summed E-state index contributed by atoms with van der Waals surface area (Å²) in [4.78, 5) is 10.5. The largest absolute Gasteiger partial charge is 0.492 e. The van der Waals surface area contributed by atoms with Crippen LogP contribution in [0.3, 0.4) is 0 Å². The van der Waals surface area contributed by atoms with Gasteiger partial charge in [-0.25, -0.2) is 4.79 Å². The highest BCUT2D eigenvalue weighted by atomic mass is 79.9. The molecule has 0 aliphatic carbocycles. The van der Waals surface area contributed by atoms with Gasteiger partial charge in [-0.3, -0.25) is 0 Å². The predicted molar refractivity (Wildman–Crippen MR) is 68.7 cm³/mol. The summed E-state index contributed by atoms with van der Waals surface area (Å²) in [6.07, 6.45) is 0.303.